The number of ether oxygens (including phenoxy) is 1. The van der Waals surface area contributed by atoms with E-state index in [1.165, 1.54) is 57.8 Å². The highest BCUT2D eigenvalue weighted by atomic mass is 16.5. The van der Waals surface area contributed by atoms with Crippen LogP contribution >= 0.6 is 0 Å². The molecule has 0 saturated heterocycles. The Morgan fingerprint density at radius 2 is 2.00 bits per heavy atom. The molecule has 0 aromatic heterocycles. The molecule has 140 valence electrons. The van der Waals surface area contributed by atoms with E-state index >= 15 is 0 Å². The van der Waals surface area contributed by atoms with Crippen LogP contribution in [0.1, 0.15) is 71.1 Å². The third kappa shape index (κ3) is 1.81. The van der Waals surface area contributed by atoms with Gasteiger partial charge in [0.05, 0.1) is 12.2 Å². The SMILES string of the molecule is CC[C@]12CCC3C(CC4(CC4)C4=CC(=N)CC[C@@H]43)C1CC[C@@]21C=CCO1. The van der Waals surface area contributed by atoms with Crippen LogP contribution in [0.15, 0.2) is 23.8 Å². The number of nitrogens with one attached hydrogen (secondary N) is 1. The fraction of sp³-hybridized carbons (Fsp3) is 0.792. The molecule has 2 spiro atoms. The van der Waals surface area contributed by atoms with E-state index in [-0.39, 0.29) is 5.60 Å². The third-order valence-electron chi connectivity index (χ3n) is 9.89. The van der Waals surface area contributed by atoms with Gasteiger partial charge < -0.3 is 10.1 Å². The molecular formula is C24H33NO. The van der Waals surface area contributed by atoms with Gasteiger partial charge in [-0.2, -0.15) is 0 Å². The van der Waals surface area contributed by atoms with Gasteiger partial charge in [0.2, 0.25) is 0 Å². The Morgan fingerprint density at radius 3 is 2.73 bits per heavy atom. The first-order valence-corrected chi connectivity index (χ1v) is 11.2. The van der Waals surface area contributed by atoms with Gasteiger partial charge in [-0.1, -0.05) is 24.6 Å². The lowest BCUT2D eigenvalue weighted by atomic mass is 9.47. The van der Waals surface area contributed by atoms with Crippen molar-refractivity contribution in [2.75, 3.05) is 6.61 Å². The second-order valence-corrected chi connectivity index (χ2v) is 10.4. The van der Waals surface area contributed by atoms with Crippen molar-refractivity contribution in [2.24, 2.45) is 34.5 Å². The molecule has 6 aliphatic rings. The van der Waals surface area contributed by atoms with Crippen molar-refractivity contribution in [3.63, 3.8) is 0 Å². The van der Waals surface area contributed by atoms with Crippen LogP contribution in [0.4, 0.5) is 0 Å². The molecule has 0 radical (unpaired) electrons. The molecule has 0 amide bonds. The van der Waals surface area contributed by atoms with Gasteiger partial charge in [0.1, 0.15) is 0 Å². The van der Waals surface area contributed by atoms with Gasteiger partial charge in [0.25, 0.3) is 0 Å². The minimum atomic E-state index is 0.0684. The van der Waals surface area contributed by atoms with E-state index in [0.717, 1.165) is 42.4 Å². The van der Waals surface area contributed by atoms with Crippen molar-refractivity contribution in [3.05, 3.63) is 23.8 Å². The zero-order valence-electron chi connectivity index (χ0n) is 16.2. The molecule has 4 saturated carbocycles. The summed E-state index contributed by atoms with van der Waals surface area (Å²) in [4.78, 5) is 0. The van der Waals surface area contributed by atoms with Crippen LogP contribution in [0.2, 0.25) is 0 Å². The van der Waals surface area contributed by atoms with Crippen molar-refractivity contribution in [1.29, 1.82) is 5.41 Å². The zero-order valence-corrected chi connectivity index (χ0v) is 16.2. The molecule has 3 unspecified atom stereocenters. The summed E-state index contributed by atoms with van der Waals surface area (Å²) in [6, 6.07) is 0. The number of hydrogen-bond acceptors (Lipinski definition) is 2. The first kappa shape index (κ1) is 16.1. The second-order valence-electron chi connectivity index (χ2n) is 10.4. The van der Waals surface area contributed by atoms with Crippen LogP contribution in [0.25, 0.3) is 0 Å². The van der Waals surface area contributed by atoms with E-state index < -0.39 is 0 Å². The van der Waals surface area contributed by atoms with E-state index in [9.17, 15) is 0 Å². The molecule has 0 bridgehead atoms. The van der Waals surface area contributed by atoms with Gasteiger partial charge in [-0.15, -0.1) is 0 Å². The maximum Gasteiger partial charge on any atom is 0.0926 e. The van der Waals surface area contributed by atoms with Gasteiger partial charge in [0.15, 0.2) is 0 Å². The lowest BCUT2D eigenvalue weighted by molar-refractivity contribution is -0.126. The van der Waals surface area contributed by atoms with Gasteiger partial charge in [-0.05, 0) is 99.4 Å². The molecule has 6 rings (SSSR count). The van der Waals surface area contributed by atoms with Crippen molar-refractivity contribution >= 4 is 5.71 Å². The van der Waals surface area contributed by atoms with E-state index in [0.29, 0.717) is 10.8 Å². The quantitative estimate of drug-likeness (QED) is 0.605. The highest BCUT2D eigenvalue weighted by Crippen LogP contribution is 2.73. The molecule has 1 heterocycles. The number of hydrogen-bond donors (Lipinski definition) is 1. The van der Waals surface area contributed by atoms with Crippen molar-refractivity contribution in [1.82, 2.24) is 0 Å². The van der Waals surface area contributed by atoms with Crippen LogP contribution in [-0.2, 0) is 4.74 Å². The Balaban J connectivity index is 1.41. The number of fused-ring (bicyclic) bond motifs is 7. The van der Waals surface area contributed by atoms with E-state index in [1.807, 2.05) is 0 Å². The van der Waals surface area contributed by atoms with Gasteiger partial charge in [-0.3, -0.25) is 0 Å². The Bertz CT molecular complexity index is 716. The molecule has 2 nitrogen and oxygen atoms in total. The fourth-order valence-electron chi connectivity index (χ4n) is 8.68. The molecule has 6 atom stereocenters. The first-order chi connectivity index (χ1) is 12.6. The first-order valence-electron chi connectivity index (χ1n) is 11.2. The van der Waals surface area contributed by atoms with Crippen molar-refractivity contribution < 1.29 is 4.74 Å². The average Bonchev–Trinajstić information content (AvgIpc) is 3.13. The van der Waals surface area contributed by atoms with Gasteiger partial charge in [0, 0.05) is 11.1 Å². The number of rotatable bonds is 1. The van der Waals surface area contributed by atoms with Crippen LogP contribution in [-0.4, -0.2) is 17.9 Å². The third-order valence-corrected chi connectivity index (χ3v) is 9.89. The topological polar surface area (TPSA) is 33.1 Å². The molecule has 4 fully saturated rings. The summed E-state index contributed by atoms with van der Waals surface area (Å²) in [7, 11) is 0. The second kappa shape index (κ2) is 5.13. The van der Waals surface area contributed by atoms with Crippen molar-refractivity contribution in [3.8, 4) is 0 Å². The maximum absolute atomic E-state index is 8.24. The molecular weight excluding hydrogens is 318 g/mol. The van der Waals surface area contributed by atoms with Crippen molar-refractivity contribution in [2.45, 2.75) is 76.7 Å². The predicted molar refractivity (Wildman–Crippen MR) is 104 cm³/mol. The Labute approximate surface area is 158 Å². The largest absolute Gasteiger partial charge is 0.366 e. The molecule has 26 heavy (non-hydrogen) atoms. The standard InChI is InChI=1S/C24H33NO/c1-2-23-9-6-17-18-5-4-16(25)14-21(18)22(11-12-22)15-19(17)20(23)7-10-24(23)8-3-13-26-24/h3,8,14,17-20,25H,2,4-7,9-13,15H2,1H3/t17?,18-,19?,20?,23+,24+/m1/s1. The summed E-state index contributed by atoms with van der Waals surface area (Å²) in [6.45, 7) is 3.28. The Hall–Kier alpha value is -0.890. The summed E-state index contributed by atoms with van der Waals surface area (Å²) >= 11 is 0. The van der Waals surface area contributed by atoms with Crippen LogP contribution in [0.5, 0.6) is 0 Å². The highest BCUT2D eigenvalue weighted by Gasteiger charge is 2.67. The predicted octanol–water partition coefficient (Wildman–Crippen LogP) is 5.68. The summed E-state index contributed by atoms with van der Waals surface area (Å²) < 4.78 is 6.48. The average molecular weight is 352 g/mol. The normalized spacial score (nSPS) is 50.5. The summed E-state index contributed by atoms with van der Waals surface area (Å²) in [5, 5.41) is 8.24. The Morgan fingerprint density at radius 1 is 1.12 bits per heavy atom. The smallest absolute Gasteiger partial charge is 0.0926 e. The van der Waals surface area contributed by atoms with E-state index in [2.05, 4.69) is 25.2 Å². The molecule has 5 aliphatic carbocycles. The highest BCUT2D eigenvalue weighted by molar-refractivity contribution is 5.94. The van der Waals surface area contributed by atoms with Gasteiger partial charge in [-0.25, -0.2) is 0 Å². The Kier molecular flexibility index (Phi) is 3.18. The lowest BCUT2D eigenvalue weighted by Gasteiger charge is -2.58. The monoisotopic (exact) mass is 351 g/mol. The van der Waals surface area contributed by atoms with E-state index in [1.54, 1.807) is 5.57 Å². The summed E-state index contributed by atoms with van der Waals surface area (Å²) in [5.41, 5.74) is 3.61. The summed E-state index contributed by atoms with van der Waals surface area (Å²) in [5.74, 6) is 3.48. The molecule has 0 aromatic carbocycles. The minimum absolute atomic E-state index is 0.0684. The lowest BCUT2D eigenvalue weighted by Crippen LogP contribution is -2.54. The van der Waals surface area contributed by atoms with Crippen LogP contribution in [0.3, 0.4) is 0 Å². The minimum Gasteiger partial charge on any atom is -0.366 e. The molecule has 1 N–H and O–H groups in total. The fourth-order valence-corrected chi connectivity index (χ4v) is 8.68. The summed E-state index contributed by atoms with van der Waals surface area (Å²) in [6.07, 6.45) is 20.3. The van der Waals surface area contributed by atoms with Crippen LogP contribution in [0, 0.1) is 39.9 Å². The zero-order chi connectivity index (χ0) is 17.6. The molecule has 2 heteroatoms. The molecule has 0 aromatic rings. The van der Waals surface area contributed by atoms with Gasteiger partial charge >= 0.3 is 0 Å². The van der Waals surface area contributed by atoms with E-state index in [4.69, 9.17) is 10.1 Å². The number of allylic oxidation sites excluding steroid dienone is 2. The van der Waals surface area contributed by atoms with Crippen LogP contribution < -0.4 is 0 Å². The maximum atomic E-state index is 8.24. The molecule has 1 aliphatic heterocycles.